The molecule has 0 aromatic heterocycles. The molecule has 2 aromatic rings. The van der Waals surface area contributed by atoms with Gasteiger partial charge in [0.15, 0.2) is 0 Å². The van der Waals surface area contributed by atoms with Crippen LogP contribution in [0.15, 0.2) is 48.5 Å². The van der Waals surface area contributed by atoms with Crippen LogP contribution in [0.1, 0.15) is 42.0 Å². The van der Waals surface area contributed by atoms with Gasteiger partial charge in [0.2, 0.25) is 5.91 Å². The molecule has 1 N–H and O–H groups in total. The smallest absolute Gasteiger partial charge is 0.317 e. The topological polar surface area (TPSA) is 52.7 Å². The standard InChI is InChI=1S/C25H28ClN3O2/c26-19-9-8-18-11-14-28-23(21(18)15-19)16-22-20(24(28)30)7-4-13-29(22)25(31)27-12-10-17-5-2-1-3-6-17/h1-3,5-6,8-9,15,20,22-23H,4,7,10-14,16H2,(H,27,31)/t20-,22-,23-/m0/s1. The fourth-order valence-corrected chi connectivity index (χ4v) is 5.76. The molecule has 6 heteroatoms. The van der Waals surface area contributed by atoms with Crippen molar-refractivity contribution in [3.05, 3.63) is 70.2 Å². The zero-order valence-electron chi connectivity index (χ0n) is 17.6. The first-order chi connectivity index (χ1) is 15.1. The lowest BCUT2D eigenvalue weighted by molar-refractivity contribution is -0.148. The summed E-state index contributed by atoms with van der Waals surface area (Å²) in [7, 11) is 0. The van der Waals surface area contributed by atoms with Crippen molar-refractivity contribution in [2.24, 2.45) is 5.92 Å². The number of carbonyl (C=O) groups is 2. The summed E-state index contributed by atoms with van der Waals surface area (Å²) in [5.41, 5.74) is 3.63. The van der Waals surface area contributed by atoms with Crippen LogP contribution in [0.3, 0.4) is 0 Å². The average molecular weight is 438 g/mol. The number of nitrogens with one attached hydrogen (secondary N) is 1. The van der Waals surface area contributed by atoms with Crippen LogP contribution in [0.2, 0.25) is 5.02 Å². The average Bonchev–Trinajstić information content (AvgIpc) is 2.79. The van der Waals surface area contributed by atoms with E-state index in [1.54, 1.807) is 0 Å². The molecular formula is C25H28ClN3O2. The number of likely N-dealkylation sites (tertiary alicyclic amines) is 1. The van der Waals surface area contributed by atoms with E-state index in [1.165, 1.54) is 11.1 Å². The molecule has 0 saturated carbocycles. The number of urea groups is 1. The Morgan fingerprint density at radius 3 is 2.81 bits per heavy atom. The summed E-state index contributed by atoms with van der Waals surface area (Å²) in [5.74, 6) is 0.110. The third-order valence-corrected chi connectivity index (χ3v) is 7.34. The molecule has 3 atom stereocenters. The summed E-state index contributed by atoms with van der Waals surface area (Å²) < 4.78 is 0. The molecule has 0 spiro atoms. The minimum Gasteiger partial charge on any atom is -0.338 e. The number of hydrogen-bond acceptors (Lipinski definition) is 2. The van der Waals surface area contributed by atoms with Gasteiger partial charge in [0.25, 0.3) is 0 Å². The van der Waals surface area contributed by atoms with E-state index in [0.717, 1.165) is 44.2 Å². The summed E-state index contributed by atoms with van der Waals surface area (Å²) in [4.78, 5) is 30.4. The molecule has 3 amide bonds. The monoisotopic (exact) mass is 437 g/mol. The van der Waals surface area contributed by atoms with Crippen LogP contribution in [0.4, 0.5) is 4.79 Å². The fourth-order valence-electron chi connectivity index (χ4n) is 5.58. The molecule has 0 aliphatic carbocycles. The first-order valence-corrected chi connectivity index (χ1v) is 11.7. The van der Waals surface area contributed by atoms with Crippen LogP contribution in [0, 0.1) is 5.92 Å². The minimum atomic E-state index is -0.0920. The van der Waals surface area contributed by atoms with Gasteiger partial charge < -0.3 is 15.1 Å². The summed E-state index contributed by atoms with van der Waals surface area (Å²) in [6.07, 6.45) is 4.20. The molecular weight excluding hydrogens is 410 g/mol. The van der Waals surface area contributed by atoms with Crippen molar-refractivity contribution in [2.75, 3.05) is 19.6 Å². The summed E-state index contributed by atoms with van der Waals surface area (Å²) in [6.45, 7) is 2.06. The van der Waals surface area contributed by atoms with Crippen LogP contribution in [0.5, 0.6) is 0 Å². The molecule has 2 saturated heterocycles. The van der Waals surface area contributed by atoms with Gasteiger partial charge in [-0.3, -0.25) is 4.79 Å². The van der Waals surface area contributed by atoms with Gasteiger partial charge in [0, 0.05) is 30.7 Å². The van der Waals surface area contributed by atoms with Crippen molar-refractivity contribution < 1.29 is 9.59 Å². The lowest BCUT2D eigenvalue weighted by Gasteiger charge is -2.51. The molecule has 2 fully saturated rings. The Labute approximate surface area is 188 Å². The highest BCUT2D eigenvalue weighted by Crippen LogP contribution is 2.44. The molecule has 0 radical (unpaired) electrons. The third kappa shape index (κ3) is 3.91. The molecule has 2 aromatic carbocycles. The second-order valence-corrected chi connectivity index (χ2v) is 9.29. The molecule has 3 heterocycles. The molecule has 0 unspecified atom stereocenters. The molecule has 162 valence electrons. The van der Waals surface area contributed by atoms with Crippen molar-refractivity contribution in [2.45, 2.75) is 44.2 Å². The van der Waals surface area contributed by atoms with E-state index in [1.807, 2.05) is 40.1 Å². The van der Waals surface area contributed by atoms with Crippen LogP contribution in [-0.4, -0.2) is 47.4 Å². The molecule has 0 bridgehead atoms. The maximum Gasteiger partial charge on any atom is 0.317 e. The fraction of sp³-hybridized carbons (Fsp3) is 0.440. The van der Waals surface area contributed by atoms with E-state index in [-0.39, 0.29) is 29.9 Å². The number of benzene rings is 2. The van der Waals surface area contributed by atoms with Crippen molar-refractivity contribution in [1.82, 2.24) is 15.1 Å². The van der Waals surface area contributed by atoms with Crippen LogP contribution >= 0.6 is 11.6 Å². The first-order valence-electron chi connectivity index (χ1n) is 11.3. The van der Waals surface area contributed by atoms with E-state index >= 15 is 0 Å². The maximum atomic E-state index is 13.4. The van der Waals surface area contributed by atoms with Gasteiger partial charge in [-0.15, -0.1) is 0 Å². The second-order valence-electron chi connectivity index (χ2n) is 8.85. The number of hydrogen-bond donors (Lipinski definition) is 1. The normalized spacial score (nSPS) is 24.8. The Balaban J connectivity index is 1.32. The maximum absolute atomic E-state index is 13.4. The van der Waals surface area contributed by atoms with E-state index in [0.29, 0.717) is 18.1 Å². The zero-order valence-corrected chi connectivity index (χ0v) is 18.4. The van der Waals surface area contributed by atoms with Gasteiger partial charge in [-0.2, -0.15) is 0 Å². The predicted octanol–water partition coefficient (Wildman–Crippen LogP) is 4.20. The van der Waals surface area contributed by atoms with Gasteiger partial charge >= 0.3 is 6.03 Å². The van der Waals surface area contributed by atoms with E-state index in [4.69, 9.17) is 11.6 Å². The van der Waals surface area contributed by atoms with E-state index in [9.17, 15) is 9.59 Å². The predicted molar refractivity (Wildman–Crippen MR) is 121 cm³/mol. The highest BCUT2D eigenvalue weighted by atomic mass is 35.5. The van der Waals surface area contributed by atoms with Crippen molar-refractivity contribution >= 4 is 23.5 Å². The summed E-state index contributed by atoms with van der Waals surface area (Å²) in [5, 5.41) is 3.79. The molecule has 5 nitrogen and oxygen atoms in total. The van der Waals surface area contributed by atoms with Gasteiger partial charge in [-0.05, 0) is 60.9 Å². The van der Waals surface area contributed by atoms with Gasteiger partial charge in [0.05, 0.1) is 12.0 Å². The first kappa shape index (κ1) is 20.4. The molecule has 31 heavy (non-hydrogen) atoms. The molecule has 3 aliphatic heterocycles. The van der Waals surface area contributed by atoms with E-state index in [2.05, 4.69) is 23.5 Å². The third-order valence-electron chi connectivity index (χ3n) is 7.10. The number of halogens is 1. The SMILES string of the molecule is O=C1[C@H]2CCCN(C(=O)NCCc3ccccc3)[C@H]2C[C@H]2c3cc(Cl)ccc3CCN12. The highest BCUT2D eigenvalue weighted by molar-refractivity contribution is 6.30. The number of rotatable bonds is 3. The van der Waals surface area contributed by atoms with Crippen molar-refractivity contribution in [3.63, 3.8) is 0 Å². The highest BCUT2D eigenvalue weighted by Gasteiger charge is 2.48. The summed E-state index contributed by atoms with van der Waals surface area (Å²) in [6, 6.07) is 16.1. The minimum absolute atomic E-state index is 0.00826. The largest absolute Gasteiger partial charge is 0.338 e. The Hall–Kier alpha value is -2.53. The van der Waals surface area contributed by atoms with Gasteiger partial charge in [0.1, 0.15) is 0 Å². The van der Waals surface area contributed by atoms with Gasteiger partial charge in [-0.25, -0.2) is 4.79 Å². The zero-order chi connectivity index (χ0) is 21.4. The lowest BCUT2D eigenvalue weighted by Crippen LogP contribution is -2.61. The lowest BCUT2D eigenvalue weighted by atomic mass is 9.76. The summed E-state index contributed by atoms with van der Waals surface area (Å²) >= 11 is 6.29. The van der Waals surface area contributed by atoms with Crippen LogP contribution in [-0.2, 0) is 17.6 Å². The molecule has 5 rings (SSSR count). The van der Waals surface area contributed by atoms with Crippen LogP contribution < -0.4 is 5.32 Å². The van der Waals surface area contributed by atoms with Crippen LogP contribution in [0.25, 0.3) is 0 Å². The molecule has 3 aliphatic rings. The second kappa shape index (κ2) is 8.54. The Morgan fingerprint density at radius 2 is 1.97 bits per heavy atom. The number of amides is 3. The Morgan fingerprint density at radius 1 is 1.13 bits per heavy atom. The number of piperidine rings is 2. The Kier molecular flexibility index (Phi) is 5.61. The van der Waals surface area contributed by atoms with Crippen molar-refractivity contribution in [1.29, 1.82) is 0 Å². The number of nitrogens with zero attached hydrogens (tertiary/aromatic N) is 2. The Bertz CT molecular complexity index is 980. The van der Waals surface area contributed by atoms with E-state index < -0.39 is 0 Å². The number of fused-ring (bicyclic) bond motifs is 4. The quantitative estimate of drug-likeness (QED) is 0.782. The van der Waals surface area contributed by atoms with Gasteiger partial charge in [-0.1, -0.05) is 48.0 Å². The van der Waals surface area contributed by atoms with Crippen molar-refractivity contribution in [3.8, 4) is 0 Å². The number of carbonyl (C=O) groups excluding carboxylic acids is 2.